The summed E-state index contributed by atoms with van der Waals surface area (Å²) >= 11 is 5.96. The number of carbonyl (C=O) groups is 1. The number of methoxy groups -OCH3 is 1. The second kappa shape index (κ2) is 7.34. The number of esters is 1. The molecule has 0 fully saturated rings. The van der Waals surface area contributed by atoms with E-state index in [2.05, 4.69) is 4.74 Å². The molecule has 1 rings (SSSR count). The van der Waals surface area contributed by atoms with E-state index < -0.39 is 0 Å². The molecule has 0 spiro atoms. The predicted molar refractivity (Wildman–Crippen MR) is 69.0 cm³/mol. The minimum absolute atomic E-state index is 0.270. The lowest BCUT2D eigenvalue weighted by molar-refractivity contribution is -0.141. The zero-order chi connectivity index (χ0) is 13.5. The first kappa shape index (κ1) is 14.9. The Kier molecular flexibility index (Phi) is 6.09. The van der Waals surface area contributed by atoms with E-state index >= 15 is 0 Å². The van der Waals surface area contributed by atoms with Crippen LogP contribution < -0.4 is 0 Å². The summed E-state index contributed by atoms with van der Waals surface area (Å²) < 4.78 is 18.2. The van der Waals surface area contributed by atoms with Crippen molar-refractivity contribution >= 4 is 17.6 Å². The zero-order valence-corrected chi connectivity index (χ0v) is 11.3. The third-order valence-corrected chi connectivity index (χ3v) is 3.10. The standard InChI is InChI=1S/C13H17ClFNO2/c1-3-16(8-7-13(17)18-2)9-10-11(14)5-4-6-12(10)15/h4-6H,3,7-9H2,1-2H3. The fourth-order valence-corrected chi connectivity index (χ4v) is 1.83. The third-order valence-electron chi connectivity index (χ3n) is 2.75. The average molecular weight is 274 g/mol. The van der Waals surface area contributed by atoms with Crippen molar-refractivity contribution in [2.24, 2.45) is 0 Å². The van der Waals surface area contributed by atoms with Gasteiger partial charge in [-0.25, -0.2) is 4.39 Å². The highest BCUT2D eigenvalue weighted by Crippen LogP contribution is 2.20. The molecule has 18 heavy (non-hydrogen) atoms. The van der Waals surface area contributed by atoms with E-state index in [1.165, 1.54) is 13.2 Å². The Morgan fingerprint density at radius 2 is 2.22 bits per heavy atom. The Labute approximate surface area is 111 Å². The fourth-order valence-electron chi connectivity index (χ4n) is 1.61. The van der Waals surface area contributed by atoms with E-state index in [1.54, 1.807) is 12.1 Å². The maximum atomic E-state index is 13.6. The van der Waals surface area contributed by atoms with Gasteiger partial charge in [-0.15, -0.1) is 0 Å². The fraction of sp³-hybridized carbons (Fsp3) is 0.462. The number of rotatable bonds is 6. The van der Waals surface area contributed by atoms with E-state index in [1.807, 2.05) is 11.8 Å². The van der Waals surface area contributed by atoms with E-state index in [0.717, 1.165) is 0 Å². The smallest absolute Gasteiger partial charge is 0.306 e. The van der Waals surface area contributed by atoms with Gasteiger partial charge < -0.3 is 4.74 Å². The minimum Gasteiger partial charge on any atom is -0.469 e. The molecule has 0 aliphatic heterocycles. The maximum Gasteiger partial charge on any atom is 0.306 e. The highest BCUT2D eigenvalue weighted by molar-refractivity contribution is 6.31. The normalized spacial score (nSPS) is 10.7. The first-order valence-corrected chi connectivity index (χ1v) is 6.18. The number of nitrogens with zero attached hydrogens (tertiary/aromatic N) is 1. The van der Waals surface area contributed by atoms with Crippen LogP contribution >= 0.6 is 11.6 Å². The summed E-state index contributed by atoms with van der Waals surface area (Å²) in [5.41, 5.74) is 0.464. The Morgan fingerprint density at radius 1 is 1.50 bits per heavy atom. The number of ether oxygens (including phenoxy) is 1. The van der Waals surface area contributed by atoms with Gasteiger partial charge >= 0.3 is 5.97 Å². The Bertz CT molecular complexity index is 392. The number of hydrogen-bond donors (Lipinski definition) is 0. The molecule has 5 heteroatoms. The molecular formula is C13H17ClFNO2. The summed E-state index contributed by atoms with van der Waals surface area (Å²) in [6.07, 6.45) is 0.288. The van der Waals surface area contributed by atoms with Crippen molar-refractivity contribution in [1.82, 2.24) is 4.90 Å². The number of carbonyl (C=O) groups excluding carboxylic acids is 1. The molecule has 100 valence electrons. The van der Waals surface area contributed by atoms with Crippen molar-refractivity contribution in [3.8, 4) is 0 Å². The monoisotopic (exact) mass is 273 g/mol. The van der Waals surface area contributed by atoms with Crippen LogP contribution in [0.15, 0.2) is 18.2 Å². The van der Waals surface area contributed by atoms with Crippen molar-refractivity contribution in [3.63, 3.8) is 0 Å². The molecule has 0 N–H and O–H groups in total. The summed E-state index contributed by atoms with van der Waals surface area (Å²) in [7, 11) is 1.35. The van der Waals surface area contributed by atoms with E-state index in [-0.39, 0.29) is 18.2 Å². The summed E-state index contributed by atoms with van der Waals surface area (Å²) in [6, 6.07) is 4.62. The van der Waals surface area contributed by atoms with Gasteiger partial charge in [-0.1, -0.05) is 24.6 Å². The molecular weight excluding hydrogens is 257 g/mol. The SMILES string of the molecule is CCN(CCC(=O)OC)Cc1c(F)cccc1Cl. The first-order valence-electron chi connectivity index (χ1n) is 5.80. The van der Waals surface area contributed by atoms with Crippen LogP contribution in [0.2, 0.25) is 5.02 Å². The van der Waals surface area contributed by atoms with Crippen molar-refractivity contribution < 1.29 is 13.9 Å². The van der Waals surface area contributed by atoms with Crippen molar-refractivity contribution in [1.29, 1.82) is 0 Å². The van der Waals surface area contributed by atoms with Gasteiger partial charge in [0.25, 0.3) is 0 Å². The van der Waals surface area contributed by atoms with Crippen LogP contribution in [0.5, 0.6) is 0 Å². The lowest BCUT2D eigenvalue weighted by Gasteiger charge is -2.20. The average Bonchev–Trinajstić information content (AvgIpc) is 2.37. The van der Waals surface area contributed by atoms with Crippen LogP contribution in [0.25, 0.3) is 0 Å². The summed E-state index contributed by atoms with van der Waals surface area (Å²) in [5, 5.41) is 0.409. The Balaban J connectivity index is 2.65. The largest absolute Gasteiger partial charge is 0.469 e. The van der Waals surface area contributed by atoms with Gasteiger partial charge in [0, 0.05) is 23.7 Å². The van der Waals surface area contributed by atoms with Gasteiger partial charge in [-0.2, -0.15) is 0 Å². The highest BCUT2D eigenvalue weighted by Gasteiger charge is 2.12. The lowest BCUT2D eigenvalue weighted by atomic mass is 10.2. The second-order valence-corrected chi connectivity index (χ2v) is 4.30. The molecule has 0 aliphatic carbocycles. The van der Waals surface area contributed by atoms with E-state index in [0.29, 0.717) is 30.2 Å². The quantitative estimate of drug-likeness (QED) is 0.747. The van der Waals surface area contributed by atoms with Crippen LogP contribution in [0.3, 0.4) is 0 Å². The minimum atomic E-state index is -0.320. The van der Waals surface area contributed by atoms with Crippen LogP contribution in [-0.2, 0) is 16.1 Å². The molecule has 1 aromatic rings. The van der Waals surface area contributed by atoms with Gasteiger partial charge in [-0.05, 0) is 18.7 Å². The maximum absolute atomic E-state index is 13.6. The molecule has 0 saturated carbocycles. The summed E-state index contributed by atoms with van der Waals surface area (Å²) in [6.45, 7) is 3.57. The van der Waals surface area contributed by atoms with Crippen LogP contribution in [0.1, 0.15) is 18.9 Å². The lowest BCUT2D eigenvalue weighted by Crippen LogP contribution is -2.26. The first-order chi connectivity index (χ1) is 8.58. The molecule has 0 aliphatic rings. The van der Waals surface area contributed by atoms with Crippen molar-refractivity contribution in [2.45, 2.75) is 19.9 Å². The number of halogens is 2. The predicted octanol–water partition coefficient (Wildman–Crippen LogP) is 2.86. The molecule has 0 heterocycles. The number of hydrogen-bond acceptors (Lipinski definition) is 3. The molecule has 0 atom stereocenters. The molecule has 3 nitrogen and oxygen atoms in total. The zero-order valence-electron chi connectivity index (χ0n) is 10.6. The molecule has 0 radical (unpaired) electrons. The van der Waals surface area contributed by atoms with Crippen LogP contribution in [-0.4, -0.2) is 31.1 Å². The Morgan fingerprint density at radius 3 is 2.78 bits per heavy atom. The topological polar surface area (TPSA) is 29.5 Å². The highest BCUT2D eigenvalue weighted by atomic mass is 35.5. The van der Waals surface area contributed by atoms with Gasteiger partial charge in [0.05, 0.1) is 13.5 Å². The van der Waals surface area contributed by atoms with Crippen molar-refractivity contribution in [3.05, 3.63) is 34.6 Å². The van der Waals surface area contributed by atoms with Gasteiger partial charge in [0.2, 0.25) is 0 Å². The van der Waals surface area contributed by atoms with E-state index in [9.17, 15) is 9.18 Å². The molecule has 0 saturated heterocycles. The van der Waals surface area contributed by atoms with E-state index in [4.69, 9.17) is 11.6 Å². The molecule has 0 aromatic heterocycles. The molecule has 0 unspecified atom stereocenters. The third kappa shape index (κ3) is 4.27. The molecule has 0 amide bonds. The van der Waals surface area contributed by atoms with Crippen molar-refractivity contribution in [2.75, 3.05) is 20.2 Å². The Hall–Kier alpha value is -1.13. The van der Waals surface area contributed by atoms with Gasteiger partial charge in [0.1, 0.15) is 5.82 Å². The summed E-state index contributed by atoms with van der Waals surface area (Å²) in [5.74, 6) is -0.591. The number of benzene rings is 1. The van der Waals surface area contributed by atoms with Gasteiger partial charge in [0.15, 0.2) is 0 Å². The summed E-state index contributed by atoms with van der Waals surface area (Å²) in [4.78, 5) is 13.0. The van der Waals surface area contributed by atoms with Crippen LogP contribution in [0, 0.1) is 5.82 Å². The molecule has 0 bridgehead atoms. The molecule has 1 aromatic carbocycles. The van der Waals surface area contributed by atoms with Gasteiger partial charge in [-0.3, -0.25) is 9.69 Å². The second-order valence-electron chi connectivity index (χ2n) is 3.90. The van der Waals surface area contributed by atoms with Crippen LogP contribution in [0.4, 0.5) is 4.39 Å².